The molecule has 0 radical (unpaired) electrons. The first-order valence-corrected chi connectivity index (χ1v) is 7.46. The van der Waals surface area contributed by atoms with E-state index in [9.17, 15) is 0 Å². The number of hydrogen-bond donors (Lipinski definition) is 1. The van der Waals surface area contributed by atoms with E-state index in [1.165, 1.54) is 41.5 Å². The molecule has 1 aromatic carbocycles. The minimum absolute atomic E-state index is 0.220. The van der Waals surface area contributed by atoms with Gasteiger partial charge in [0.25, 0.3) is 0 Å². The Bertz CT molecular complexity index is 570. The highest BCUT2D eigenvalue weighted by Crippen LogP contribution is 2.36. The molecule has 0 bridgehead atoms. The van der Waals surface area contributed by atoms with Crippen molar-refractivity contribution in [1.29, 1.82) is 0 Å². The number of pyridine rings is 1. The molecule has 3 rings (SSSR count). The van der Waals surface area contributed by atoms with Crippen molar-refractivity contribution in [2.75, 3.05) is 7.05 Å². The van der Waals surface area contributed by atoms with Crippen molar-refractivity contribution in [3.63, 3.8) is 0 Å². The molecule has 0 aliphatic heterocycles. The molecule has 1 aliphatic rings. The van der Waals surface area contributed by atoms with Gasteiger partial charge < -0.3 is 5.32 Å². The highest BCUT2D eigenvalue weighted by molar-refractivity contribution is 5.34. The summed E-state index contributed by atoms with van der Waals surface area (Å²) in [6.07, 6.45) is 7.96. The summed E-state index contributed by atoms with van der Waals surface area (Å²) in [5.41, 5.74) is 5.23. The Labute approximate surface area is 121 Å². The van der Waals surface area contributed by atoms with Gasteiger partial charge in [0.1, 0.15) is 0 Å². The van der Waals surface area contributed by atoms with Crippen LogP contribution in [0, 0.1) is 6.92 Å². The van der Waals surface area contributed by atoms with E-state index in [0.29, 0.717) is 0 Å². The van der Waals surface area contributed by atoms with E-state index in [2.05, 4.69) is 47.6 Å². The zero-order chi connectivity index (χ0) is 13.9. The van der Waals surface area contributed by atoms with Gasteiger partial charge in [-0.15, -0.1) is 0 Å². The molecule has 2 aromatic rings. The molecule has 1 heterocycles. The smallest absolute Gasteiger partial charge is 0.0589 e. The maximum Gasteiger partial charge on any atom is 0.0589 e. The summed E-state index contributed by atoms with van der Waals surface area (Å²) in [4.78, 5) is 4.31. The Kier molecular flexibility index (Phi) is 3.83. The highest BCUT2D eigenvalue weighted by Gasteiger charge is 2.20. The van der Waals surface area contributed by atoms with E-state index < -0.39 is 0 Å². The van der Waals surface area contributed by atoms with Crippen LogP contribution in [0.5, 0.6) is 0 Å². The summed E-state index contributed by atoms with van der Waals surface area (Å²) in [7, 11) is 2.01. The predicted molar refractivity (Wildman–Crippen MR) is 82.9 cm³/mol. The summed E-state index contributed by atoms with van der Waals surface area (Å²) in [6.45, 7) is 2.09. The van der Waals surface area contributed by atoms with E-state index in [0.717, 1.165) is 5.92 Å². The van der Waals surface area contributed by atoms with Gasteiger partial charge >= 0.3 is 0 Å². The molecule has 20 heavy (non-hydrogen) atoms. The van der Waals surface area contributed by atoms with E-state index in [1.54, 1.807) is 0 Å². The first kappa shape index (κ1) is 13.3. The minimum atomic E-state index is 0.220. The molecule has 1 aromatic heterocycles. The van der Waals surface area contributed by atoms with Gasteiger partial charge in [-0.25, -0.2) is 0 Å². The van der Waals surface area contributed by atoms with Crippen LogP contribution in [0.3, 0.4) is 0 Å². The lowest BCUT2D eigenvalue weighted by Crippen LogP contribution is -2.18. The number of aryl methyl sites for hydroxylation is 1. The van der Waals surface area contributed by atoms with Gasteiger partial charge in [0, 0.05) is 12.4 Å². The molecule has 1 N–H and O–H groups in total. The van der Waals surface area contributed by atoms with E-state index in [4.69, 9.17) is 0 Å². The summed E-state index contributed by atoms with van der Waals surface area (Å²) < 4.78 is 0. The van der Waals surface area contributed by atoms with Crippen LogP contribution in [0.25, 0.3) is 0 Å². The van der Waals surface area contributed by atoms with Crippen molar-refractivity contribution in [3.8, 4) is 0 Å². The van der Waals surface area contributed by atoms with Crippen LogP contribution in [0.4, 0.5) is 0 Å². The van der Waals surface area contributed by atoms with E-state index in [-0.39, 0.29) is 6.04 Å². The van der Waals surface area contributed by atoms with Crippen molar-refractivity contribution in [1.82, 2.24) is 10.3 Å². The van der Waals surface area contributed by atoms with Crippen LogP contribution in [0.2, 0.25) is 0 Å². The van der Waals surface area contributed by atoms with Crippen LogP contribution in [-0.2, 0) is 0 Å². The zero-order valence-electron chi connectivity index (χ0n) is 12.3. The van der Waals surface area contributed by atoms with Gasteiger partial charge in [-0.05, 0) is 55.0 Å². The SMILES string of the molecule is CNC(c1ccc(C2CCC2)cc1)c1cncc(C)c1. The minimum Gasteiger partial charge on any atom is -0.309 e. The number of nitrogens with zero attached hydrogens (tertiary/aromatic N) is 1. The zero-order valence-corrected chi connectivity index (χ0v) is 12.3. The van der Waals surface area contributed by atoms with Gasteiger partial charge in [0.15, 0.2) is 0 Å². The molecule has 1 saturated carbocycles. The Morgan fingerprint density at radius 3 is 2.40 bits per heavy atom. The molecular weight excluding hydrogens is 244 g/mol. The largest absolute Gasteiger partial charge is 0.309 e. The van der Waals surface area contributed by atoms with Crippen molar-refractivity contribution in [2.45, 2.75) is 38.1 Å². The summed E-state index contributed by atoms with van der Waals surface area (Å²) >= 11 is 0. The molecule has 104 valence electrons. The Hall–Kier alpha value is -1.67. The number of rotatable bonds is 4. The van der Waals surface area contributed by atoms with E-state index >= 15 is 0 Å². The molecule has 0 amide bonds. The second-order valence-electron chi connectivity index (χ2n) is 5.81. The second-order valence-corrected chi connectivity index (χ2v) is 5.81. The fourth-order valence-electron chi connectivity index (χ4n) is 2.96. The van der Waals surface area contributed by atoms with Crippen LogP contribution in [-0.4, -0.2) is 12.0 Å². The predicted octanol–water partition coefficient (Wildman–Crippen LogP) is 3.97. The fourth-order valence-corrected chi connectivity index (χ4v) is 2.96. The Morgan fingerprint density at radius 1 is 1.10 bits per heavy atom. The van der Waals surface area contributed by atoms with Crippen molar-refractivity contribution in [2.24, 2.45) is 0 Å². The molecule has 1 atom stereocenters. The van der Waals surface area contributed by atoms with Gasteiger partial charge in [-0.3, -0.25) is 4.98 Å². The quantitative estimate of drug-likeness (QED) is 0.906. The number of benzene rings is 1. The van der Waals surface area contributed by atoms with Crippen molar-refractivity contribution in [3.05, 3.63) is 65.0 Å². The standard InChI is InChI=1S/C18H22N2/c1-13-10-17(12-20-11-13)18(19-2)16-8-6-15(7-9-16)14-4-3-5-14/h6-12,14,18-19H,3-5H2,1-2H3. The van der Waals surface area contributed by atoms with Gasteiger partial charge in [-0.1, -0.05) is 36.8 Å². The molecule has 2 heteroatoms. The number of nitrogens with one attached hydrogen (secondary N) is 1. The van der Waals surface area contributed by atoms with Gasteiger partial charge in [0.2, 0.25) is 0 Å². The lowest BCUT2D eigenvalue weighted by molar-refractivity contribution is 0.419. The molecule has 1 unspecified atom stereocenters. The van der Waals surface area contributed by atoms with Crippen molar-refractivity contribution >= 4 is 0 Å². The van der Waals surface area contributed by atoms with Crippen LogP contribution in [0.15, 0.2) is 42.7 Å². The molecule has 0 saturated heterocycles. The summed E-state index contributed by atoms with van der Waals surface area (Å²) in [6, 6.07) is 11.5. The Balaban J connectivity index is 1.85. The lowest BCUT2D eigenvalue weighted by atomic mass is 9.79. The third kappa shape index (κ3) is 2.61. The van der Waals surface area contributed by atoms with Gasteiger partial charge in [-0.2, -0.15) is 0 Å². The third-order valence-electron chi connectivity index (χ3n) is 4.36. The van der Waals surface area contributed by atoms with Crippen LogP contribution >= 0.6 is 0 Å². The van der Waals surface area contributed by atoms with Gasteiger partial charge in [0.05, 0.1) is 6.04 Å². The molecule has 0 spiro atoms. The second kappa shape index (κ2) is 5.76. The average Bonchev–Trinajstić information content (AvgIpc) is 2.40. The third-order valence-corrected chi connectivity index (χ3v) is 4.36. The highest BCUT2D eigenvalue weighted by atomic mass is 14.9. The average molecular weight is 266 g/mol. The van der Waals surface area contributed by atoms with Crippen molar-refractivity contribution < 1.29 is 0 Å². The van der Waals surface area contributed by atoms with Crippen LogP contribution < -0.4 is 5.32 Å². The first-order valence-electron chi connectivity index (χ1n) is 7.46. The topological polar surface area (TPSA) is 24.9 Å². The maximum atomic E-state index is 4.31. The molecule has 1 fully saturated rings. The molecule has 2 nitrogen and oxygen atoms in total. The lowest BCUT2D eigenvalue weighted by Gasteiger charge is -2.26. The van der Waals surface area contributed by atoms with Crippen LogP contribution in [0.1, 0.15) is 53.5 Å². The number of hydrogen-bond acceptors (Lipinski definition) is 2. The van der Waals surface area contributed by atoms with E-state index in [1.807, 2.05) is 19.4 Å². The maximum absolute atomic E-state index is 4.31. The summed E-state index contributed by atoms with van der Waals surface area (Å²) in [5.74, 6) is 0.803. The molecule has 1 aliphatic carbocycles. The normalized spacial score (nSPS) is 16.7. The fraction of sp³-hybridized carbons (Fsp3) is 0.389. The molecular formula is C18H22N2. The summed E-state index contributed by atoms with van der Waals surface area (Å²) in [5, 5.41) is 3.40. The number of aromatic nitrogens is 1. The Morgan fingerprint density at radius 2 is 1.85 bits per heavy atom. The first-order chi connectivity index (χ1) is 9.78. The monoisotopic (exact) mass is 266 g/mol.